The lowest BCUT2D eigenvalue weighted by atomic mass is 10.0. The summed E-state index contributed by atoms with van der Waals surface area (Å²) in [5.74, 6) is -0.146. The van der Waals surface area contributed by atoms with Crippen molar-refractivity contribution in [1.82, 2.24) is 24.6 Å². The van der Waals surface area contributed by atoms with Crippen LogP contribution in [-0.4, -0.2) is 70.4 Å². The molecule has 0 fully saturated rings. The topological polar surface area (TPSA) is 153 Å². The van der Waals surface area contributed by atoms with Crippen LogP contribution in [0.4, 0.5) is 5.82 Å². The van der Waals surface area contributed by atoms with Crippen LogP contribution in [0.15, 0.2) is 12.7 Å². The van der Waals surface area contributed by atoms with Crippen LogP contribution >= 0.6 is 7.52 Å². The number of carbonyl (C=O) groups excluding carboxylic acids is 1. The third-order valence-corrected chi connectivity index (χ3v) is 11.4. The molecule has 0 bridgehead atoms. The SMILES string of the molecule is CCCCCCCCCCCCCCCCOCCCOP(=O)(CO[C@H](C)Cn1cnc2c(N)ncnc21)N[C@@H](C)C(=O)OCCCCCCCCC. The van der Waals surface area contributed by atoms with Crippen LogP contribution in [0.25, 0.3) is 11.2 Å². The molecule has 0 aliphatic carbocycles. The van der Waals surface area contributed by atoms with Gasteiger partial charge >= 0.3 is 5.97 Å². The Hall–Kier alpha value is -2.11. The average molecular weight is 767 g/mol. The maximum absolute atomic E-state index is 14.0. The molecule has 2 heterocycles. The highest BCUT2D eigenvalue weighted by Gasteiger charge is 2.30. The van der Waals surface area contributed by atoms with Crippen LogP contribution in [0.2, 0.25) is 0 Å². The lowest BCUT2D eigenvalue weighted by Gasteiger charge is -2.24. The molecule has 13 heteroatoms. The largest absolute Gasteiger partial charge is 0.465 e. The minimum absolute atomic E-state index is 0.211. The van der Waals surface area contributed by atoms with E-state index in [2.05, 4.69) is 33.9 Å². The van der Waals surface area contributed by atoms with E-state index in [1.807, 2.05) is 11.5 Å². The molecule has 1 unspecified atom stereocenters. The standard InChI is InChI=1S/C40H75N6O6P/c1-5-7-9-11-13-14-15-16-17-18-19-21-22-24-27-49-28-26-30-52-53(48,45-36(4)40(47)50-29-25-23-20-12-10-8-6-2)34-51-35(3)31-46-33-44-37-38(41)42-32-43-39(37)46/h32-33,35-36H,5-31,34H2,1-4H3,(H,45,48)(H2,41,42,43)/t35-,36+,53?/m1/s1. The van der Waals surface area contributed by atoms with E-state index >= 15 is 0 Å². The van der Waals surface area contributed by atoms with Crippen LogP contribution in [0, 0.1) is 0 Å². The molecule has 0 amide bonds. The van der Waals surface area contributed by atoms with Gasteiger partial charge in [0.15, 0.2) is 11.5 Å². The lowest BCUT2D eigenvalue weighted by molar-refractivity contribution is -0.145. The summed E-state index contributed by atoms with van der Waals surface area (Å²) in [7, 11) is -3.58. The fourth-order valence-corrected chi connectivity index (χ4v) is 8.07. The van der Waals surface area contributed by atoms with E-state index in [0.717, 1.165) is 32.3 Å². The molecular formula is C40H75N6O6P. The average Bonchev–Trinajstić information content (AvgIpc) is 3.56. The Bertz CT molecular complexity index is 1250. The summed E-state index contributed by atoms with van der Waals surface area (Å²) in [6.07, 6.45) is 29.6. The zero-order chi connectivity index (χ0) is 38.4. The van der Waals surface area contributed by atoms with Gasteiger partial charge in [-0.15, -0.1) is 0 Å². The molecule has 3 N–H and O–H groups in total. The van der Waals surface area contributed by atoms with Gasteiger partial charge in [-0.25, -0.2) is 20.0 Å². The Morgan fingerprint density at radius 1 is 0.736 bits per heavy atom. The molecule has 0 radical (unpaired) electrons. The number of rotatable bonds is 36. The zero-order valence-corrected chi connectivity index (χ0v) is 34.8. The van der Waals surface area contributed by atoms with Crippen LogP contribution in [-0.2, 0) is 34.6 Å². The van der Waals surface area contributed by atoms with Crippen molar-refractivity contribution >= 4 is 30.5 Å². The van der Waals surface area contributed by atoms with Gasteiger partial charge in [-0.3, -0.25) is 9.36 Å². The minimum atomic E-state index is -3.58. The van der Waals surface area contributed by atoms with E-state index in [0.29, 0.717) is 43.2 Å². The molecule has 0 aromatic carbocycles. The molecule has 53 heavy (non-hydrogen) atoms. The smallest absolute Gasteiger partial charge is 0.323 e. The van der Waals surface area contributed by atoms with Crippen molar-refractivity contribution in [3.63, 3.8) is 0 Å². The number of nitrogen functional groups attached to an aromatic ring is 1. The van der Waals surface area contributed by atoms with Crippen molar-refractivity contribution in [2.24, 2.45) is 0 Å². The molecule has 2 rings (SSSR count). The Kier molecular flexibility index (Phi) is 26.8. The van der Waals surface area contributed by atoms with Crippen molar-refractivity contribution in [2.45, 2.75) is 188 Å². The first-order valence-corrected chi connectivity index (χ1v) is 22.9. The highest BCUT2D eigenvalue weighted by Crippen LogP contribution is 2.43. The molecule has 0 saturated heterocycles. The normalized spacial score (nSPS) is 14.0. The van der Waals surface area contributed by atoms with E-state index in [9.17, 15) is 9.36 Å². The molecule has 0 saturated carbocycles. The number of ether oxygens (including phenoxy) is 3. The number of esters is 1. The van der Waals surface area contributed by atoms with Gasteiger partial charge in [0.25, 0.3) is 7.52 Å². The predicted octanol–water partition coefficient (Wildman–Crippen LogP) is 10.1. The third-order valence-electron chi connectivity index (χ3n) is 9.52. The molecule has 0 aliphatic heterocycles. The molecule has 306 valence electrons. The quantitative estimate of drug-likeness (QED) is 0.0387. The molecule has 2 aromatic rings. The number of fused-ring (bicyclic) bond motifs is 1. The van der Waals surface area contributed by atoms with E-state index < -0.39 is 19.5 Å². The zero-order valence-electron chi connectivity index (χ0n) is 33.9. The van der Waals surface area contributed by atoms with Crippen molar-refractivity contribution in [2.75, 3.05) is 38.5 Å². The van der Waals surface area contributed by atoms with E-state index in [-0.39, 0.29) is 19.1 Å². The number of aromatic nitrogens is 4. The summed E-state index contributed by atoms with van der Waals surface area (Å²) < 4.78 is 39.1. The van der Waals surface area contributed by atoms with Crippen molar-refractivity contribution < 1.29 is 28.1 Å². The minimum Gasteiger partial charge on any atom is -0.465 e. The van der Waals surface area contributed by atoms with E-state index in [4.69, 9.17) is 24.5 Å². The summed E-state index contributed by atoms with van der Waals surface area (Å²) in [6.45, 7) is 10.2. The summed E-state index contributed by atoms with van der Waals surface area (Å²) in [5, 5.41) is 2.92. The van der Waals surface area contributed by atoms with Crippen molar-refractivity contribution in [3.8, 4) is 0 Å². The fourth-order valence-electron chi connectivity index (χ4n) is 6.28. The second-order valence-electron chi connectivity index (χ2n) is 14.6. The second kappa shape index (κ2) is 30.2. The van der Waals surface area contributed by atoms with Gasteiger partial charge in [0, 0.05) is 13.2 Å². The van der Waals surface area contributed by atoms with Gasteiger partial charge in [-0.05, 0) is 33.1 Å². The summed E-state index contributed by atoms with van der Waals surface area (Å²) in [6, 6.07) is -0.821. The Labute approximate surface area is 321 Å². The monoisotopic (exact) mass is 767 g/mol. The Morgan fingerprint density at radius 3 is 1.85 bits per heavy atom. The van der Waals surface area contributed by atoms with Crippen LogP contribution in [0.3, 0.4) is 0 Å². The number of nitrogens with one attached hydrogen (secondary N) is 1. The number of unbranched alkanes of at least 4 members (excludes halogenated alkanes) is 19. The summed E-state index contributed by atoms with van der Waals surface area (Å²) in [5.41, 5.74) is 7.04. The maximum Gasteiger partial charge on any atom is 0.323 e. The fraction of sp³-hybridized carbons (Fsp3) is 0.850. The van der Waals surface area contributed by atoms with Gasteiger partial charge in [0.1, 0.15) is 24.2 Å². The molecule has 0 spiro atoms. The van der Waals surface area contributed by atoms with Crippen LogP contribution < -0.4 is 10.8 Å². The van der Waals surface area contributed by atoms with Gasteiger partial charge in [0.05, 0.1) is 32.2 Å². The van der Waals surface area contributed by atoms with Crippen molar-refractivity contribution in [3.05, 3.63) is 12.7 Å². The van der Waals surface area contributed by atoms with Crippen molar-refractivity contribution in [1.29, 1.82) is 0 Å². The first-order valence-electron chi connectivity index (χ1n) is 21.1. The summed E-state index contributed by atoms with van der Waals surface area (Å²) in [4.78, 5) is 25.4. The Morgan fingerprint density at radius 2 is 1.26 bits per heavy atom. The number of anilines is 1. The van der Waals surface area contributed by atoms with Gasteiger partial charge < -0.3 is 29.0 Å². The lowest BCUT2D eigenvalue weighted by Crippen LogP contribution is -2.35. The Balaban J connectivity index is 1.69. The number of nitrogens with zero attached hydrogens (tertiary/aromatic N) is 4. The molecule has 0 aliphatic rings. The number of hydrogen-bond donors (Lipinski definition) is 2. The van der Waals surface area contributed by atoms with E-state index in [1.165, 1.54) is 115 Å². The molecule has 3 atom stereocenters. The second-order valence-corrected chi connectivity index (χ2v) is 16.8. The van der Waals surface area contributed by atoms with Crippen LogP contribution in [0.1, 0.15) is 169 Å². The molecule has 12 nitrogen and oxygen atoms in total. The van der Waals surface area contributed by atoms with Gasteiger partial charge in [-0.2, -0.15) is 0 Å². The third kappa shape index (κ3) is 22.1. The molecule has 2 aromatic heterocycles. The number of carbonyl (C=O) groups is 1. The number of nitrogens with two attached hydrogens (primary N) is 1. The van der Waals surface area contributed by atoms with Gasteiger partial charge in [-0.1, -0.05) is 136 Å². The number of imidazole rings is 1. The predicted molar refractivity (Wildman–Crippen MR) is 216 cm³/mol. The highest BCUT2D eigenvalue weighted by atomic mass is 31.2. The summed E-state index contributed by atoms with van der Waals surface area (Å²) >= 11 is 0. The van der Waals surface area contributed by atoms with Gasteiger partial charge in [0.2, 0.25) is 0 Å². The number of hydrogen-bond acceptors (Lipinski definition) is 10. The highest BCUT2D eigenvalue weighted by molar-refractivity contribution is 7.56. The van der Waals surface area contributed by atoms with E-state index in [1.54, 1.807) is 13.3 Å². The molecular weight excluding hydrogens is 691 g/mol. The first kappa shape index (κ1) is 47.0. The maximum atomic E-state index is 14.0. The first-order chi connectivity index (χ1) is 25.8. The van der Waals surface area contributed by atoms with Crippen LogP contribution in [0.5, 0.6) is 0 Å².